The minimum absolute atomic E-state index is 0.0285. The number of amides is 1. The number of hydrogen-bond acceptors (Lipinski definition) is 7. The number of aromatic nitrogens is 2. The Bertz CT molecular complexity index is 1230. The van der Waals surface area contributed by atoms with E-state index < -0.39 is 12.0 Å². The number of hydrogen-bond donors (Lipinski definition) is 3. The summed E-state index contributed by atoms with van der Waals surface area (Å²) in [6, 6.07) is 7.60. The Kier molecular flexibility index (Phi) is 5.44. The molecular formula is C23H26F2N6OS. The maximum Gasteiger partial charge on any atom is 0.263 e. The van der Waals surface area contributed by atoms with Gasteiger partial charge in [-0.15, -0.1) is 11.3 Å². The van der Waals surface area contributed by atoms with E-state index in [1.807, 2.05) is 36.1 Å². The lowest BCUT2D eigenvalue weighted by atomic mass is 9.91. The third kappa shape index (κ3) is 4.02. The molecule has 0 bridgehead atoms. The molecule has 0 aromatic carbocycles. The van der Waals surface area contributed by atoms with E-state index in [1.54, 1.807) is 0 Å². The van der Waals surface area contributed by atoms with Gasteiger partial charge in [0, 0.05) is 35.9 Å². The third-order valence-corrected chi connectivity index (χ3v) is 7.73. The van der Waals surface area contributed by atoms with Gasteiger partial charge in [-0.3, -0.25) is 4.79 Å². The van der Waals surface area contributed by atoms with Gasteiger partial charge in [-0.2, -0.15) is 0 Å². The predicted octanol–water partition coefficient (Wildman–Crippen LogP) is 3.04. The highest BCUT2D eigenvalue weighted by atomic mass is 32.1. The van der Waals surface area contributed by atoms with Gasteiger partial charge >= 0.3 is 0 Å². The first-order valence-corrected chi connectivity index (χ1v) is 11.8. The van der Waals surface area contributed by atoms with Gasteiger partial charge in [0.2, 0.25) is 0 Å². The van der Waals surface area contributed by atoms with Crippen LogP contribution in [-0.2, 0) is 12.8 Å². The number of carbonyl (C=O) groups excluding carboxylic acids is 1. The van der Waals surface area contributed by atoms with Gasteiger partial charge in [0.15, 0.2) is 0 Å². The fourth-order valence-electron chi connectivity index (χ4n) is 4.64. The molecule has 3 aromatic heterocycles. The van der Waals surface area contributed by atoms with Crippen LogP contribution in [0.3, 0.4) is 0 Å². The molecule has 2 atom stereocenters. The Morgan fingerprint density at radius 2 is 2.12 bits per heavy atom. The van der Waals surface area contributed by atoms with Gasteiger partial charge in [0.05, 0.1) is 11.2 Å². The van der Waals surface area contributed by atoms with Crippen molar-refractivity contribution < 1.29 is 13.6 Å². The smallest absolute Gasteiger partial charge is 0.263 e. The van der Waals surface area contributed by atoms with Crippen LogP contribution in [0.2, 0.25) is 0 Å². The summed E-state index contributed by atoms with van der Waals surface area (Å²) in [7, 11) is 0. The number of fused-ring (bicyclic) bond motifs is 2. The average Bonchev–Trinajstić information content (AvgIpc) is 3.34. The molecule has 0 unspecified atom stereocenters. The van der Waals surface area contributed by atoms with E-state index in [1.165, 1.54) is 11.3 Å². The summed E-state index contributed by atoms with van der Waals surface area (Å²) in [5.41, 5.74) is 14.0. The zero-order valence-electron chi connectivity index (χ0n) is 18.3. The number of nitrogens with two attached hydrogens (primary N) is 2. The Labute approximate surface area is 194 Å². The molecule has 0 radical (unpaired) electrons. The first kappa shape index (κ1) is 22.0. The molecule has 1 aliphatic heterocycles. The number of nitrogens with one attached hydrogen (secondary N) is 1. The van der Waals surface area contributed by atoms with E-state index in [0.717, 1.165) is 33.6 Å². The van der Waals surface area contributed by atoms with Crippen molar-refractivity contribution in [3.8, 4) is 0 Å². The van der Waals surface area contributed by atoms with Gasteiger partial charge < -0.3 is 21.7 Å². The van der Waals surface area contributed by atoms with Gasteiger partial charge in [-0.1, -0.05) is 6.07 Å². The van der Waals surface area contributed by atoms with Crippen LogP contribution in [0, 0.1) is 6.92 Å². The normalized spacial score (nSPS) is 22.7. The molecule has 1 amide bonds. The van der Waals surface area contributed by atoms with E-state index in [4.69, 9.17) is 16.5 Å². The number of nitrogens with zero attached hydrogens (tertiary/aromatic N) is 3. The molecule has 1 fully saturated rings. The molecule has 174 valence electrons. The van der Waals surface area contributed by atoms with Gasteiger partial charge in [-0.05, 0) is 56.4 Å². The maximum atomic E-state index is 13.2. The minimum Gasteiger partial charge on any atom is -0.397 e. The maximum absolute atomic E-state index is 13.2. The Balaban J connectivity index is 1.27. The van der Waals surface area contributed by atoms with Crippen LogP contribution >= 0.6 is 11.3 Å². The summed E-state index contributed by atoms with van der Waals surface area (Å²) in [6.07, 6.45) is -0.205. The number of pyridine rings is 2. The lowest BCUT2D eigenvalue weighted by Crippen LogP contribution is -2.49. The Hall–Kier alpha value is -2.85. The Morgan fingerprint density at radius 1 is 1.30 bits per heavy atom. The van der Waals surface area contributed by atoms with Crippen LogP contribution in [0.5, 0.6) is 0 Å². The summed E-state index contributed by atoms with van der Waals surface area (Å²) in [5, 5.41) is 3.91. The first-order valence-electron chi connectivity index (χ1n) is 11.0. The minimum atomic E-state index is -2.56. The SMILES string of the molecule is Cc1ccc2c(N)c(C(=O)N[C@H]3CCc4nc(N5CC[C@@](N)(C(F)F)C5)ccc4C3)sc2n1. The highest BCUT2D eigenvalue weighted by Crippen LogP contribution is 2.33. The molecular weight excluding hydrogens is 446 g/mol. The summed E-state index contributed by atoms with van der Waals surface area (Å²) >= 11 is 1.31. The number of carbonyl (C=O) groups is 1. The van der Waals surface area contributed by atoms with Gasteiger partial charge in [0.25, 0.3) is 12.3 Å². The monoisotopic (exact) mass is 472 g/mol. The van der Waals surface area contributed by atoms with E-state index in [0.29, 0.717) is 35.8 Å². The number of alkyl halides is 2. The zero-order valence-corrected chi connectivity index (χ0v) is 19.1. The summed E-state index contributed by atoms with van der Waals surface area (Å²) < 4.78 is 26.5. The molecule has 1 saturated heterocycles. The highest BCUT2D eigenvalue weighted by Gasteiger charge is 2.43. The first-order chi connectivity index (χ1) is 15.7. The lowest BCUT2D eigenvalue weighted by molar-refractivity contribution is 0.0655. The summed E-state index contributed by atoms with van der Waals surface area (Å²) in [5.74, 6) is 0.500. The predicted molar refractivity (Wildman–Crippen MR) is 126 cm³/mol. The molecule has 1 aliphatic carbocycles. The van der Waals surface area contributed by atoms with Crippen LogP contribution in [0.15, 0.2) is 24.3 Å². The molecule has 5 N–H and O–H groups in total. The molecule has 0 spiro atoms. The van der Waals surface area contributed by atoms with Crippen molar-refractivity contribution in [2.45, 2.75) is 50.6 Å². The number of aryl methyl sites for hydroxylation is 2. The second-order valence-corrected chi connectivity index (χ2v) is 10.0. The third-order valence-electron chi connectivity index (χ3n) is 6.62. The molecule has 2 aliphatic rings. The van der Waals surface area contributed by atoms with E-state index in [2.05, 4.69) is 10.3 Å². The number of nitrogen functional groups attached to an aromatic ring is 1. The van der Waals surface area contributed by atoms with Crippen molar-refractivity contribution in [2.24, 2.45) is 5.73 Å². The topological polar surface area (TPSA) is 110 Å². The van der Waals surface area contributed by atoms with E-state index in [9.17, 15) is 13.6 Å². The van der Waals surface area contributed by atoms with Crippen LogP contribution in [0.4, 0.5) is 20.3 Å². The van der Waals surface area contributed by atoms with Crippen molar-refractivity contribution in [1.29, 1.82) is 0 Å². The largest absolute Gasteiger partial charge is 0.397 e. The highest BCUT2D eigenvalue weighted by molar-refractivity contribution is 7.21. The van der Waals surface area contributed by atoms with Crippen molar-refractivity contribution in [3.63, 3.8) is 0 Å². The van der Waals surface area contributed by atoms with E-state index in [-0.39, 0.29) is 24.9 Å². The molecule has 0 saturated carbocycles. The van der Waals surface area contributed by atoms with E-state index >= 15 is 0 Å². The van der Waals surface area contributed by atoms with Crippen LogP contribution < -0.4 is 21.7 Å². The van der Waals surface area contributed by atoms with Crippen molar-refractivity contribution >= 4 is 39.0 Å². The molecule has 5 rings (SSSR count). The number of halogens is 2. The molecule has 7 nitrogen and oxygen atoms in total. The van der Waals surface area contributed by atoms with Gasteiger partial charge in [0.1, 0.15) is 15.5 Å². The van der Waals surface area contributed by atoms with Crippen molar-refractivity contribution in [2.75, 3.05) is 23.7 Å². The average molecular weight is 473 g/mol. The van der Waals surface area contributed by atoms with Crippen LogP contribution in [0.1, 0.15) is 39.5 Å². The molecule has 3 aromatic rings. The standard InChI is InChI=1S/C23H26F2N6OS/c1-12-2-5-15-18(26)19(33-21(15)28-12)20(32)29-14-4-6-16-13(10-14)3-7-17(30-16)31-9-8-23(27,11-31)22(24)25/h2-3,5,7,14,22H,4,6,8-11,26-27H2,1H3,(H,29,32)/t14-,23-/m0/s1. The fraction of sp³-hybridized carbons (Fsp3) is 0.435. The number of anilines is 2. The lowest BCUT2D eigenvalue weighted by Gasteiger charge is -2.27. The Morgan fingerprint density at radius 3 is 2.88 bits per heavy atom. The molecule has 4 heterocycles. The zero-order chi connectivity index (χ0) is 23.3. The van der Waals surface area contributed by atoms with Gasteiger partial charge in [-0.25, -0.2) is 18.7 Å². The van der Waals surface area contributed by atoms with Crippen LogP contribution in [-0.4, -0.2) is 47.0 Å². The number of rotatable bonds is 4. The molecule has 10 heteroatoms. The second-order valence-electron chi connectivity index (χ2n) is 9.04. The van der Waals surface area contributed by atoms with Crippen LogP contribution in [0.25, 0.3) is 10.2 Å². The number of thiophene rings is 1. The summed E-state index contributed by atoms with van der Waals surface area (Å²) in [6.45, 7) is 2.47. The fourth-order valence-corrected chi connectivity index (χ4v) is 5.68. The quantitative estimate of drug-likeness (QED) is 0.538. The van der Waals surface area contributed by atoms with Crippen molar-refractivity contribution in [3.05, 3.63) is 46.1 Å². The second kappa shape index (κ2) is 8.18. The molecule has 33 heavy (non-hydrogen) atoms. The summed E-state index contributed by atoms with van der Waals surface area (Å²) in [4.78, 5) is 25.2. The van der Waals surface area contributed by atoms with Crippen molar-refractivity contribution in [1.82, 2.24) is 15.3 Å².